The van der Waals surface area contributed by atoms with Gasteiger partial charge in [-0.1, -0.05) is 24.3 Å². The van der Waals surface area contributed by atoms with Crippen molar-refractivity contribution >= 4 is 5.91 Å². The SMILES string of the molecule is C=C(C)CN1CCN(Cc2ccc(OCC(=O)N3CCOCC3)cc2)CC1. The molecule has 0 aromatic heterocycles. The number of benzene rings is 1. The Morgan fingerprint density at radius 1 is 1.04 bits per heavy atom. The van der Waals surface area contributed by atoms with Crippen LogP contribution >= 0.6 is 0 Å². The molecule has 2 fully saturated rings. The van der Waals surface area contributed by atoms with Gasteiger partial charge in [-0.05, 0) is 24.6 Å². The second-order valence-corrected chi connectivity index (χ2v) is 7.44. The molecular weight excluding hydrogens is 342 g/mol. The van der Waals surface area contributed by atoms with Crippen LogP contribution in [0.25, 0.3) is 0 Å². The van der Waals surface area contributed by atoms with Crippen molar-refractivity contribution < 1.29 is 14.3 Å². The number of carbonyl (C=O) groups excluding carboxylic acids is 1. The lowest BCUT2D eigenvalue weighted by molar-refractivity contribution is -0.137. The molecule has 1 aromatic carbocycles. The summed E-state index contributed by atoms with van der Waals surface area (Å²) >= 11 is 0. The summed E-state index contributed by atoms with van der Waals surface area (Å²) in [7, 11) is 0. The first kappa shape index (κ1) is 19.9. The minimum atomic E-state index is 0.0232. The third-order valence-corrected chi connectivity index (χ3v) is 5.01. The highest BCUT2D eigenvalue weighted by atomic mass is 16.5. The van der Waals surface area contributed by atoms with Crippen LogP contribution in [0.4, 0.5) is 0 Å². The first-order valence-electron chi connectivity index (χ1n) is 9.76. The highest BCUT2D eigenvalue weighted by Gasteiger charge is 2.18. The second-order valence-electron chi connectivity index (χ2n) is 7.44. The van der Waals surface area contributed by atoms with Crippen molar-refractivity contribution in [2.75, 3.05) is 65.6 Å². The van der Waals surface area contributed by atoms with Crippen molar-refractivity contribution in [2.24, 2.45) is 0 Å². The molecule has 27 heavy (non-hydrogen) atoms. The van der Waals surface area contributed by atoms with E-state index in [-0.39, 0.29) is 12.5 Å². The number of hydrogen-bond acceptors (Lipinski definition) is 5. The average Bonchev–Trinajstić information content (AvgIpc) is 2.69. The zero-order valence-electron chi connectivity index (χ0n) is 16.4. The van der Waals surface area contributed by atoms with E-state index in [1.54, 1.807) is 4.90 Å². The minimum absolute atomic E-state index is 0.0232. The highest BCUT2D eigenvalue weighted by Crippen LogP contribution is 2.15. The molecule has 0 radical (unpaired) electrons. The van der Waals surface area contributed by atoms with Gasteiger partial charge in [-0.2, -0.15) is 0 Å². The van der Waals surface area contributed by atoms with Gasteiger partial charge >= 0.3 is 0 Å². The normalized spacial score (nSPS) is 19.1. The van der Waals surface area contributed by atoms with E-state index >= 15 is 0 Å². The van der Waals surface area contributed by atoms with Crippen LogP contribution in [0.1, 0.15) is 12.5 Å². The van der Waals surface area contributed by atoms with Crippen LogP contribution in [-0.4, -0.2) is 86.2 Å². The summed E-state index contributed by atoms with van der Waals surface area (Å²) in [5, 5.41) is 0. The number of morpholine rings is 1. The fourth-order valence-electron chi connectivity index (χ4n) is 3.49. The number of nitrogens with zero attached hydrogens (tertiary/aromatic N) is 3. The molecule has 0 aliphatic carbocycles. The number of ether oxygens (including phenoxy) is 2. The van der Waals surface area contributed by atoms with Gasteiger partial charge < -0.3 is 14.4 Å². The zero-order valence-corrected chi connectivity index (χ0v) is 16.4. The van der Waals surface area contributed by atoms with Crippen molar-refractivity contribution in [1.29, 1.82) is 0 Å². The van der Waals surface area contributed by atoms with Crippen molar-refractivity contribution in [1.82, 2.24) is 14.7 Å². The molecule has 6 heteroatoms. The maximum absolute atomic E-state index is 12.1. The van der Waals surface area contributed by atoms with Gasteiger partial charge in [-0.15, -0.1) is 0 Å². The van der Waals surface area contributed by atoms with E-state index in [1.807, 2.05) is 12.1 Å². The van der Waals surface area contributed by atoms with Crippen LogP contribution < -0.4 is 4.74 Å². The fourth-order valence-corrected chi connectivity index (χ4v) is 3.49. The number of hydrogen-bond donors (Lipinski definition) is 0. The van der Waals surface area contributed by atoms with Crippen LogP contribution in [-0.2, 0) is 16.1 Å². The van der Waals surface area contributed by atoms with Gasteiger partial charge in [0.1, 0.15) is 5.75 Å². The first-order chi connectivity index (χ1) is 13.1. The van der Waals surface area contributed by atoms with Crippen LogP contribution in [0.5, 0.6) is 5.75 Å². The van der Waals surface area contributed by atoms with Gasteiger partial charge in [0.15, 0.2) is 6.61 Å². The van der Waals surface area contributed by atoms with E-state index in [2.05, 4.69) is 35.4 Å². The average molecular weight is 373 g/mol. The summed E-state index contributed by atoms with van der Waals surface area (Å²) in [6.07, 6.45) is 0. The molecule has 6 nitrogen and oxygen atoms in total. The number of rotatable bonds is 7. The Labute approximate surface area is 162 Å². The Kier molecular flexibility index (Phi) is 7.26. The van der Waals surface area contributed by atoms with Crippen molar-refractivity contribution in [2.45, 2.75) is 13.5 Å². The van der Waals surface area contributed by atoms with Crippen molar-refractivity contribution in [3.63, 3.8) is 0 Å². The lowest BCUT2D eigenvalue weighted by Gasteiger charge is -2.34. The monoisotopic (exact) mass is 373 g/mol. The van der Waals surface area contributed by atoms with Gasteiger partial charge in [0, 0.05) is 52.4 Å². The maximum atomic E-state index is 12.1. The topological polar surface area (TPSA) is 45.2 Å². The van der Waals surface area contributed by atoms with Gasteiger partial charge in [-0.25, -0.2) is 0 Å². The smallest absolute Gasteiger partial charge is 0.260 e. The summed E-state index contributed by atoms with van der Waals surface area (Å²) in [5.41, 5.74) is 2.50. The Bertz CT molecular complexity index is 618. The number of carbonyl (C=O) groups is 1. The molecule has 0 unspecified atom stereocenters. The molecule has 3 rings (SSSR count). The maximum Gasteiger partial charge on any atom is 0.260 e. The molecule has 1 amide bonds. The van der Waals surface area contributed by atoms with Gasteiger partial charge in [0.05, 0.1) is 13.2 Å². The van der Waals surface area contributed by atoms with Crippen molar-refractivity contribution in [3.05, 3.63) is 42.0 Å². The van der Waals surface area contributed by atoms with E-state index in [0.717, 1.165) is 45.0 Å². The third-order valence-electron chi connectivity index (χ3n) is 5.01. The van der Waals surface area contributed by atoms with E-state index in [0.29, 0.717) is 26.3 Å². The zero-order chi connectivity index (χ0) is 19.1. The Balaban J connectivity index is 1.40. The Morgan fingerprint density at radius 2 is 1.67 bits per heavy atom. The number of amides is 1. The molecule has 148 valence electrons. The molecule has 0 atom stereocenters. The lowest BCUT2D eigenvalue weighted by atomic mass is 10.2. The third kappa shape index (κ3) is 6.34. The molecular formula is C21H31N3O3. The summed E-state index contributed by atoms with van der Waals surface area (Å²) < 4.78 is 10.9. The molecule has 0 bridgehead atoms. The summed E-state index contributed by atoms with van der Waals surface area (Å²) in [5.74, 6) is 0.765. The standard InChI is InChI=1S/C21H31N3O3/c1-18(2)15-22-7-9-23(10-8-22)16-19-3-5-20(6-4-19)27-17-21(25)24-11-13-26-14-12-24/h3-6H,1,7-17H2,2H3. The molecule has 2 aliphatic rings. The van der Waals surface area contributed by atoms with Crippen LogP contribution in [0.15, 0.2) is 36.4 Å². The van der Waals surface area contributed by atoms with E-state index < -0.39 is 0 Å². The summed E-state index contributed by atoms with van der Waals surface area (Å²) in [6, 6.07) is 8.10. The molecule has 2 heterocycles. The number of piperazine rings is 1. The summed E-state index contributed by atoms with van der Waals surface area (Å²) in [4.78, 5) is 18.9. The molecule has 0 N–H and O–H groups in total. The lowest BCUT2D eigenvalue weighted by Crippen LogP contribution is -2.46. The Hall–Kier alpha value is -1.89. The van der Waals surface area contributed by atoms with E-state index in [1.165, 1.54) is 11.1 Å². The van der Waals surface area contributed by atoms with Crippen LogP contribution in [0.3, 0.4) is 0 Å². The quantitative estimate of drug-likeness (QED) is 0.680. The van der Waals surface area contributed by atoms with E-state index in [4.69, 9.17) is 9.47 Å². The van der Waals surface area contributed by atoms with Crippen LogP contribution in [0, 0.1) is 0 Å². The second kappa shape index (κ2) is 9.88. The highest BCUT2D eigenvalue weighted by molar-refractivity contribution is 5.77. The predicted octanol–water partition coefficient (Wildman–Crippen LogP) is 1.62. The molecule has 1 aromatic rings. The minimum Gasteiger partial charge on any atom is -0.484 e. The first-order valence-corrected chi connectivity index (χ1v) is 9.76. The molecule has 0 saturated carbocycles. The van der Waals surface area contributed by atoms with Gasteiger partial charge in [0.2, 0.25) is 0 Å². The predicted molar refractivity (Wildman–Crippen MR) is 106 cm³/mol. The summed E-state index contributed by atoms with van der Waals surface area (Å²) in [6.45, 7) is 15.0. The molecule has 2 saturated heterocycles. The van der Waals surface area contributed by atoms with Gasteiger partial charge in [0.25, 0.3) is 5.91 Å². The molecule has 2 aliphatic heterocycles. The van der Waals surface area contributed by atoms with Gasteiger partial charge in [-0.3, -0.25) is 14.6 Å². The fraction of sp³-hybridized carbons (Fsp3) is 0.571. The Morgan fingerprint density at radius 3 is 2.30 bits per heavy atom. The van der Waals surface area contributed by atoms with Crippen molar-refractivity contribution in [3.8, 4) is 5.75 Å². The van der Waals surface area contributed by atoms with E-state index in [9.17, 15) is 4.79 Å². The van der Waals surface area contributed by atoms with Crippen LogP contribution in [0.2, 0.25) is 0 Å². The largest absolute Gasteiger partial charge is 0.484 e. The molecule has 0 spiro atoms.